The van der Waals surface area contributed by atoms with E-state index >= 15 is 0 Å². The molecule has 1 N–H and O–H groups in total. The van der Waals surface area contributed by atoms with E-state index in [9.17, 15) is 4.79 Å². The Balaban J connectivity index is 1.61. The van der Waals surface area contributed by atoms with Crippen LogP contribution in [0, 0.1) is 5.92 Å². The molecule has 1 aliphatic rings. The summed E-state index contributed by atoms with van der Waals surface area (Å²) in [6.45, 7) is 2.28. The zero-order chi connectivity index (χ0) is 17.4. The fraction of sp³-hybridized carbons (Fsp3) is 0.368. The smallest absolute Gasteiger partial charge is 0.260 e. The highest BCUT2D eigenvalue weighted by atomic mass is 32.2. The standard InChI is InChI=1S/C19H20N2O2S2/c1-11-6-7-14-15(8-11)25-18-16(14)17(22)20-19(21-18)24-10-12-4-3-5-13(9-12)23-2/h3-5,9,11H,6-8,10H2,1-2H3,(H,20,21,22)/t11-/m0/s1. The van der Waals surface area contributed by atoms with E-state index in [4.69, 9.17) is 9.72 Å². The molecule has 0 fully saturated rings. The summed E-state index contributed by atoms with van der Waals surface area (Å²) in [5.41, 5.74) is 2.38. The summed E-state index contributed by atoms with van der Waals surface area (Å²) >= 11 is 3.25. The summed E-state index contributed by atoms with van der Waals surface area (Å²) in [6, 6.07) is 7.96. The second-order valence-corrected chi connectivity index (χ2v) is 8.59. The third kappa shape index (κ3) is 3.33. The summed E-state index contributed by atoms with van der Waals surface area (Å²) in [5.74, 6) is 2.28. The molecule has 6 heteroatoms. The topological polar surface area (TPSA) is 55.0 Å². The molecule has 0 aliphatic heterocycles. The first-order valence-corrected chi connectivity index (χ1v) is 10.2. The molecule has 1 aliphatic carbocycles. The van der Waals surface area contributed by atoms with Crippen molar-refractivity contribution in [3.63, 3.8) is 0 Å². The molecule has 1 atom stereocenters. The number of methoxy groups -OCH3 is 1. The Morgan fingerprint density at radius 1 is 1.44 bits per heavy atom. The van der Waals surface area contributed by atoms with Gasteiger partial charge in [0, 0.05) is 10.6 Å². The highest BCUT2D eigenvalue weighted by molar-refractivity contribution is 7.98. The number of nitrogens with zero attached hydrogens (tertiary/aromatic N) is 1. The van der Waals surface area contributed by atoms with E-state index in [1.807, 2.05) is 18.2 Å². The van der Waals surface area contributed by atoms with Crippen molar-refractivity contribution in [1.29, 1.82) is 0 Å². The minimum atomic E-state index is 0.00481. The van der Waals surface area contributed by atoms with Crippen molar-refractivity contribution in [1.82, 2.24) is 9.97 Å². The maximum absolute atomic E-state index is 12.6. The van der Waals surface area contributed by atoms with Crippen molar-refractivity contribution in [3.05, 3.63) is 50.6 Å². The summed E-state index contributed by atoms with van der Waals surface area (Å²) in [5, 5.41) is 1.50. The van der Waals surface area contributed by atoms with E-state index in [1.165, 1.54) is 10.4 Å². The van der Waals surface area contributed by atoms with Crippen molar-refractivity contribution in [2.24, 2.45) is 5.92 Å². The van der Waals surface area contributed by atoms with Gasteiger partial charge < -0.3 is 9.72 Å². The number of ether oxygens (including phenoxy) is 1. The Labute approximate surface area is 154 Å². The highest BCUT2D eigenvalue weighted by Crippen LogP contribution is 2.36. The van der Waals surface area contributed by atoms with Gasteiger partial charge in [-0.2, -0.15) is 0 Å². The van der Waals surface area contributed by atoms with Crippen LogP contribution in [0.2, 0.25) is 0 Å². The molecule has 3 aromatic rings. The molecular formula is C19H20N2O2S2. The number of hydrogen-bond acceptors (Lipinski definition) is 5. The largest absolute Gasteiger partial charge is 0.497 e. The van der Waals surface area contributed by atoms with E-state index < -0.39 is 0 Å². The molecule has 4 rings (SSSR count). The highest BCUT2D eigenvalue weighted by Gasteiger charge is 2.23. The van der Waals surface area contributed by atoms with Gasteiger partial charge in [0.1, 0.15) is 10.6 Å². The number of fused-ring (bicyclic) bond motifs is 3. The molecule has 1 aromatic carbocycles. The van der Waals surface area contributed by atoms with Gasteiger partial charge in [-0.1, -0.05) is 30.8 Å². The lowest BCUT2D eigenvalue weighted by Gasteiger charge is -2.17. The predicted molar refractivity (Wildman–Crippen MR) is 104 cm³/mol. The van der Waals surface area contributed by atoms with Crippen molar-refractivity contribution >= 4 is 33.3 Å². The average Bonchev–Trinajstić information content (AvgIpc) is 2.97. The maximum Gasteiger partial charge on any atom is 0.260 e. The number of hydrogen-bond donors (Lipinski definition) is 1. The summed E-state index contributed by atoms with van der Waals surface area (Å²) in [6.07, 6.45) is 3.23. The monoisotopic (exact) mass is 372 g/mol. The van der Waals surface area contributed by atoms with Gasteiger partial charge >= 0.3 is 0 Å². The zero-order valence-electron chi connectivity index (χ0n) is 14.3. The van der Waals surface area contributed by atoms with Crippen LogP contribution in [-0.4, -0.2) is 17.1 Å². The molecule has 4 nitrogen and oxygen atoms in total. The first-order valence-electron chi connectivity index (χ1n) is 8.44. The predicted octanol–water partition coefficient (Wildman–Crippen LogP) is 4.41. The third-order valence-electron chi connectivity index (χ3n) is 4.65. The number of nitrogens with one attached hydrogen (secondary N) is 1. The Morgan fingerprint density at radius 3 is 3.16 bits per heavy atom. The van der Waals surface area contributed by atoms with Gasteiger partial charge in [-0.25, -0.2) is 4.98 Å². The Morgan fingerprint density at radius 2 is 2.32 bits per heavy atom. The van der Waals surface area contributed by atoms with Crippen LogP contribution in [0.1, 0.15) is 29.3 Å². The molecule has 0 saturated heterocycles. The van der Waals surface area contributed by atoms with Crippen LogP contribution in [0.5, 0.6) is 5.75 Å². The lowest BCUT2D eigenvalue weighted by Crippen LogP contribution is -2.13. The van der Waals surface area contributed by atoms with E-state index in [-0.39, 0.29) is 5.56 Å². The van der Waals surface area contributed by atoms with Crippen molar-refractivity contribution in [2.45, 2.75) is 37.1 Å². The van der Waals surface area contributed by atoms with Crippen LogP contribution in [0.15, 0.2) is 34.2 Å². The number of thioether (sulfide) groups is 1. The quantitative estimate of drug-likeness (QED) is 0.544. The number of thiophene rings is 1. The maximum atomic E-state index is 12.6. The van der Waals surface area contributed by atoms with Crippen molar-refractivity contribution in [2.75, 3.05) is 7.11 Å². The Bertz CT molecular complexity index is 977. The van der Waals surface area contributed by atoms with Gasteiger partial charge in [0.2, 0.25) is 0 Å². The summed E-state index contributed by atoms with van der Waals surface area (Å²) in [7, 11) is 1.67. The fourth-order valence-electron chi connectivity index (χ4n) is 3.31. The number of H-pyrrole nitrogens is 1. The normalized spacial score (nSPS) is 16.8. The van der Waals surface area contributed by atoms with Gasteiger partial charge in [-0.3, -0.25) is 4.79 Å². The fourth-order valence-corrected chi connectivity index (χ4v) is 5.56. The molecular weight excluding hydrogens is 352 g/mol. The molecule has 0 spiro atoms. The van der Waals surface area contributed by atoms with Gasteiger partial charge in [-0.05, 0) is 48.4 Å². The lowest BCUT2D eigenvalue weighted by molar-refractivity contribution is 0.414. The molecule has 25 heavy (non-hydrogen) atoms. The van der Waals surface area contributed by atoms with Crippen LogP contribution >= 0.6 is 23.1 Å². The second-order valence-electron chi connectivity index (χ2n) is 6.54. The average molecular weight is 373 g/mol. The molecule has 130 valence electrons. The van der Waals surface area contributed by atoms with E-state index in [1.54, 1.807) is 30.2 Å². The van der Waals surface area contributed by atoms with Crippen molar-refractivity contribution < 1.29 is 4.74 Å². The summed E-state index contributed by atoms with van der Waals surface area (Å²) in [4.78, 5) is 22.5. The van der Waals surface area contributed by atoms with Gasteiger partial charge in [0.15, 0.2) is 5.16 Å². The van der Waals surface area contributed by atoms with Crippen LogP contribution in [0.3, 0.4) is 0 Å². The second kappa shape index (κ2) is 6.84. The Kier molecular flexibility index (Phi) is 4.56. The Hall–Kier alpha value is -1.79. The van der Waals surface area contributed by atoms with Gasteiger partial charge in [-0.15, -0.1) is 11.3 Å². The molecule has 0 saturated carbocycles. The summed E-state index contributed by atoms with van der Waals surface area (Å²) < 4.78 is 5.26. The minimum absolute atomic E-state index is 0.00481. The number of benzene rings is 1. The number of aromatic amines is 1. The SMILES string of the molecule is COc1cccc(CSc2nc3sc4c(c3c(=O)[nH]2)CC[C@H](C)C4)c1. The van der Waals surface area contributed by atoms with Gasteiger partial charge in [0.05, 0.1) is 12.5 Å². The van der Waals surface area contributed by atoms with Gasteiger partial charge in [0.25, 0.3) is 5.56 Å². The van der Waals surface area contributed by atoms with E-state index in [2.05, 4.69) is 18.0 Å². The molecule has 0 unspecified atom stereocenters. The number of aryl methyl sites for hydroxylation is 1. The first kappa shape index (κ1) is 16.7. The lowest BCUT2D eigenvalue weighted by atomic mass is 9.89. The molecule has 0 radical (unpaired) electrons. The van der Waals surface area contributed by atoms with Crippen LogP contribution in [0.4, 0.5) is 0 Å². The molecule has 0 bridgehead atoms. The molecule has 0 amide bonds. The van der Waals surface area contributed by atoms with Crippen LogP contribution in [0.25, 0.3) is 10.2 Å². The first-order chi connectivity index (χ1) is 12.1. The van der Waals surface area contributed by atoms with E-state index in [0.29, 0.717) is 11.1 Å². The minimum Gasteiger partial charge on any atom is -0.497 e. The molecule has 2 heterocycles. The van der Waals surface area contributed by atoms with E-state index in [0.717, 1.165) is 46.5 Å². The number of rotatable bonds is 4. The number of aromatic nitrogens is 2. The van der Waals surface area contributed by atoms with Crippen LogP contribution in [-0.2, 0) is 18.6 Å². The van der Waals surface area contributed by atoms with Crippen molar-refractivity contribution in [3.8, 4) is 5.75 Å². The third-order valence-corrected chi connectivity index (χ3v) is 6.75. The molecule has 2 aromatic heterocycles. The van der Waals surface area contributed by atoms with Crippen LogP contribution < -0.4 is 10.3 Å². The zero-order valence-corrected chi connectivity index (χ0v) is 15.9.